The van der Waals surface area contributed by atoms with Crippen molar-refractivity contribution >= 4 is 28.8 Å². The van der Waals surface area contributed by atoms with E-state index in [1.165, 1.54) is 18.9 Å². The van der Waals surface area contributed by atoms with Crippen LogP contribution in [0, 0.1) is 22.7 Å². The maximum Gasteiger partial charge on any atom is 0.408 e. The molecule has 2 aliphatic heterocycles. The fraction of sp³-hybridized carbons (Fsp3) is 0.703. The summed E-state index contributed by atoms with van der Waals surface area (Å²) in [6, 6.07) is 2.98. The van der Waals surface area contributed by atoms with Gasteiger partial charge in [0.15, 0.2) is 11.5 Å². The van der Waals surface area contributed by atoms with Crippen molar-refractivity contribution in [3.05, 3.63) is 23.9 Å². The molecule has 49 heavy (non-hydrogen) atoms. The molecular weight excluding hydrogens is 634 g/mol. The van der Waals surface area contributed by atoms with Crippen molar-refractivity contribution < 1.29 is 37.4 Å². The number of ether oxygens (including phenoxy) is 3. The number of nitrogens with zero attached hydrogens (tertiary/aromatic N) is 3. The molecule has 0 radical (unpaired) electrons. The Balaban J connectivity index is 1.48. The lowest BCUT2D eigenvalue weighted by Gasteiger charge is -2.37. The molecule has 1 saturated heterocycles. The third-order valence-corrected chi connectivity index (χ3v) is 11.7. The number of benzene rings is 1. The Labute approximate surface area is 287 Å². The smallest absolute Gasteiger partial charge is 0.408 e. The van der Waals surface area contributed by atoms with Gasteiger partial charge in [0.1, 0.15) is 23.5 Å². The summed E-state index contributed by atoms with van der Waals surface area (Å²) in [5.74, 6) is -4.41. The molecule has 0 unspecified atom stereocenters. The minimum Gasteiger partial charge on any atom is -0.497 e. The first-order chi connectivity index (χ1) is 23.0. The zero-order chi connectivity index (χ0) is 35.5. The SMILES string of the molecule is CC[C@@H]1[C@@H]2CN(C(=O)[C@H](C(C)(C)C)NC(=O)O[C@]3(C)CCC[C@H]3CCCC3(CC3)C(F)(F)c3nc4ccc(OC)cc4nc3O2)[C@@H]1C(C)=O. The highest BCUT2D eigenvalue weighted by atomic mass is 19.3. The number of hydrogen-bond donors (Lipinski definition) is 1. The molecule has 6 atom stereocenters. The lowest BCUT2D eigenvalue weighted by Crippen LogP contribution is -2.58. The Bertz CT molecular complexity index is 1620. The summed E-state index contributed by atoms with van der Waals surface area (Å²) in [4.78, 5) is 51.8. The summed E-state index contributed by atoms with van der Waals surface area (Å²) in [6.07, 6.45) is 3.34. The third kappa shape index (κ3) is 6.33. The fourth-order valence-corrected chi connectivity index (χ4v) is 8.59. The van der Waals surface area contributed by atoms with Crippen LogP contribution in [0.4, 0.5) is 13.6 Å². The lowest BCUT2D eigenvalue weighted by atomic mass is 9.83. The second kappa shape index (κ2) is 12.6. The number of alkyl halides is 2. The molecule has 1 spiro atoms. The number of rotatable bonds is 3. The average Bonchev–Trinajstić information content (AvgIpc) is 3.63. The lowest BCUT2D eigenvalue weighted by molar-refractivity contribution is -0.141. The van der Waals surface area contributed by atoms with E-state index in [1.54, 1.807) is 18.2 Å². The number of ketones is 1. The number of halogens is 2. The van der Waals surface area contributed by atoms with Crippen molar-refractivity contribution in [2.45, 2.75) is 129 Å². The van der Waals surface area contributed by atoms with Gasteiger partial charge in [-0.15, -0.1) is 0 Å². The summed E-state index contributed by atoms with van der Waals surface area (Å²) >= 11 is 0. The van der Waals surface area contributed by atoms with Crippen LogP contribution in [-0.2, 0) is 20.2 Å². The van der Waals surface area contributed by atoms with Crippen molar-refractivity contribution in [3.63, 3.8) is 0 Å². The Kier molecular flexibility index (Phi) is 9.10. The monoisotopic (exact) mass is 684 g/mol. The van der Waals surface area contributed by atoms with Gasteiger partial charge in [0.2, 0.25) is 11.8 Å². The van der Waals surface area contributed by atoms with Crippen molar-refractivity contribution in [3.8, 4) is 11.6 Å². The van der Waals surface area contributed by atoms with Crippen molar-refractivity contribution in [1.82, 2.24) is 20.2 Å². The van der Waals surface area contributed by atoms with E-state index in [4.69, 9.17) is 14.2 Å². The predicted molar refractivity (Wildman–Crippen MR) is 178 cm³/mol. The number of carbonyl (C=O) groups excluding carboxylic acids is 3. The van der Waals surface area contributed by atoms with Crippen LogP contribution >= 0.6 is 0 Å². The van der Waals surface area contributed by atoms with Gasteiger partial charge < -0.3 is 24.4 Å². The van der Waals surface area contributed by atoms with Crippen LogP contribution in [0.2, 0.25) is 0 Å². The highest BCUT2D eigenvalue weighted by molar-refractivity contribution is 5.92. The third-order valence-electron chi connectivity index (χ3n) is 11.7. The van der Waals surface area contributed by atoms with Crippen LogP contribution < -0.4 is 14.8 Å². The molecule has 4 aliphatic rings. The number of fused-ring (bicyclic) bond motifs is 5. The Morgan fingerprint density at radius 2 is 1.78 bits per heavy atom. The largest absolute Gasteiger partial charge is 0.497 e. The van der Waals surface area contributed by atoms with Crippen LogP contribution in [0.1, 0.15) is 105 Å². The van der Waals surface area contributed by atoms with Gasteiger partial charge >= 0.3 is 12.0 Å². The zero-order valence-electron chi connectivity index (χ0n) is 29.7. The van der Waals surface area contributed by atoms with Crippen LogP contribution in [0.25, 0.3) is 11.0 Å². The molecule has 6 rings (SSSR count). The van der Waals surface area contributed by atoms with Gasteiger partial charge in [-0.1, -0.05) is 34.1 Å². The number of amides is 2. The highest BCUT2D eigenvalue weighted by Gasteiger charge is 2.64. The zero-order valence-corrected chi connectivity index (χ0v) is 29.7. The number of alkyl carbamates (subject to hydrolysis) is 1. The first-order valence-electron chi connectivity index (χ1n) is 17.7. The molecule has 1 aromatic carbocycles. The van der Waals surface area contributed by atoms with E-state index in [9.17, 15) is 14.4 Å². The van der Waals surface area contributed by atoms with Crippen molar-refractivity contribution in [2.24, 2.45) is 22.7 Å². The molecule has 2 saturated carbocycles. The maximum absolute atomic E-state index is 17.0. The summed E-state index contributed by atoms with van der Waals surface area (Å²) in [5, 5.41) is 2.87. The van der Waals surface area contributed by atoms with E-state index in [-0.39, 0.29) is 30.5 Å². The fourth-order valence-electron chi connectivity index (χ4n) is 8.59. The first-order valence-corrected chi connectivity index (χ1v) is 17.7. The summed E-state index contributed by atoms with van der Waals surface area (Å²) in [5.41, 5.74) is -2.73. The minimum atomic E-state index is -3.36. The average molecular weight is 685 g/mol. The van der Waals surface area contributed by atoms with Gasteiger partial charge in [-0.05, 0) is 88.7 Å². The van der Waals surface area contributed by atoms with E-state index < -0.39 is 64.2 Å². The van der Waals surface area contributed by atoms with Crippen molar-refractivity contribution in [1.29, 1.82) is 0 Å². The Morgan fingerprint density at radius 3 is 2.39 bits per heavy atom. The van der Waals surface area contributed by atoms with Gasteiger partial charge in [0.05, 0.1) is 30.7 Å². The standard InChI is InChI=1S/C37H50F2N4O6/c1-8-24-27-20-43(28(24)21(2)44)32(45)30(34(3,4)5)42-33(46)49-35(6)15-9-11-22(35)12-10-16-36(17-18-36)37(38,39)29-31(48-27)41-26-19-23(47-7)13-14-25(26)40-29/h13-14,19,22,24,27-28,30H,8-12,15-18,20H2,1-7H3,(H,42,46)/t22-,24+,27-,28+,30+,35+/m0/s1. The van der Waals surface area contributed by atoms with Crippen LogP contribution in [-0.4, -0.2) is 70.1 Å². The Hall–Kier alpha value is -3.57. The molecule has 3 heterocycles. The second-order valence-electron chi connectivity index (χ2n) is 16.0. The normalized spacial score (nSPS) is 31.5. The number of aromatic nitrogens is 2. The quantitative estimate of drug-likeness (QED) is 0.368. The second-order valence-corrected chi connectivity index (χ2v) is 16.0. The van der Waals surface area contributed by atoms with Gasteiger partial charge in [0.25, 0.3) is 0 Å². The molecule has 268 valence electrons. The number of nitrogens with one attached hydrogen (secondary N) is 1. The van der Waals surface area contributed by atoms with Crippen molar-refractivity contribution in [2.75, 3.05) is 13.7 Å². The molecule has 2 amide bonds. The summed E-state index contributed by atoms with van der Waals surface area (Å²) in [7, 11) is 1.51. The van der Waals surface area contributed by atoms with E-state index in [0.29, 0.717) is 55.3 Å². The van der Waals surface area contributed by atoms with Gasteiger partial charge in [-0.2, -0.15) is 8.78 Å². The topological polar surface area (TPSA) is 120 Å². The predicted octanol–water partition coefficient (Wildman–Crippen LogP) is 6.97. The molecule has 2 bridgehead atoms. The molecule has 1 aromatic heterocycles. The number of hydrogen-bond acceptors (Lipinski definition) is 8. The number of Topliss-reactive ketones (excluding diaryl/α,β-unsaturated/α-hetero) is 1. The van der Waals surface area contributed by atoms with Crippen LogP contribution in [0.15, 0.2) is 18.2 Å². The maximum atomic E-state index is 17.0. The number of methoxy groups -OCH3 is 1. The van der Waals surface area contributed by atoms with E-state index in [1.807, 2.05) is 34.6 Å². The van der Waals surface area contributed by atoms with E-state index in [2.05, 4.69) is 15.3 Å². The minimum absolute atomic E-state index is 0.00794. The first kappa shape index (κ1) is 35.3. The molecule has 3 fully saturated rings. The highest BCUT2D eigenvalue weighted by Crippen LogP contribution is 2.65. The van der Waals surface area contributed by atoms with Crippen LogP contribution in [0.5, 0.6) is 11.6 Å². The van der Waals surface area contributed by atoms with Gasteiger partial charge in [-0.25, -0.2) is 14.8 Å². The molecule has 2 aromatic rings. The summed E-state index contributed by atoms with van der Waals surface area (Å²) < 4.78 is 51.9. The summed E-state index contributed by atoms with van der Waals surface area (Å²) in [6.45, 7) is 10.7. The molecule has 12 heteroatoms. The van der Waals surface area contributed by atoms with Gasteiger partial charge in [-0.3, -0.25) is 9.59 Å². The molecular formula is C37H50F2N4O6. The molecule has 2 aliphatic carbocycles. The number of carbonyl (C=O) groups is 3. The van der Waals surface area contributed by atoms with E-state index >= 15 is 8.78 Å². The van der Waals surface area contributed by atoms with Gasteiger partial charge in [0, 0.05) is 17.4 Å². The molecule has 10 nitrogen and oxygen atoms in total. The molecule has 1 N–H and O–H groups in total. The van der Waals surface area contributed by atoms with E-state index in [0.717, 1.165) is 12.8 Å². The van der Waals surface area contributed by atoms with Crippen LogP contribution in [0.3, 0.4) is 0 Å². The Morgan fingerprint density at radius 1 is 1.08 bits per heavy atom.